The van der Waals surface area contributed by atoms with E-state index in [0.717, 1.165) is 30.8 Å². The quantitative estimate of drug-likeness (QED) is 0.651. The second kappa shape index (κ2) is 8.25. The Morgan fingerprint density at radius 2 is 1.81 bits per heavy atom. The lowest BCUT2D eigenvalue weighted by molar-refractivity contribution is 0.00618. The third-order valence-corrected chi connectivity index (χ3v) is 3.68. The van der Waals surface area contributed by atoms with Crippen LogP contribution < -0.4 is 9.47 Å². The minimum atomic E-state index is 0.301. The average molecular weight is 294 g/mol. The van der Waals surface area contributed by atoms with E-state index < -0.39 is 0 Å². The second-order valence-electron chi connectivity index (χ2n) is 5.37. The van der Waals surface area contributed by atoms with E-state index in [-0.39, 0.29) is 0 Å². The summed E-state index contributed by atoms with van der Waals surface area (Å²) in [5.74, 6) is 1.67. The number of ether oxygens (including phenoxy) is 4. The van der Waals surface area contributed by atoms with Crippen LogP contribution >= 0.6 is 0 Å². The van der Waals surface area contributed by atoms with Crippen LogP contribution in [0.5, 0.6) is 11.5 Å². The molecule has 1 aliphatic heterocycles. The highest BCUT2D eigenvalue weighted by Crippen LogP contribution is 2.35. The summed E-state index contributed by atoms with van der Waals surface area (Å²) < 4.78 is 22.2. The molecule has 4 nitrogen and oxygen atoms in total. The fourth-order valence-electron chi connectivity index (χ4n) is 2.27. The maximum Gasteiger partial charge on any atom is 0.231 e. The van der Waals surface area contributed by atoms with E-state index in [1.54, 1.807) is 0 Å². The molecule has 118 valence electrons. The maximum absolute atomic E-state index is 5.74. The van der Waals surface area contributed by atoms with Gasteiger partial charge >= 0.3 is 0 Å². The van der Waals surface area contributed by atoms with E-state index in [0.29, 0.717) is 32.7 Å². The Labute approximate surface area is 127 Å². The molecule has 1 atom stereocenters. The maximum atomic E-state index is 5.74. The van der Waals surface area contributed by atoms with Crippen LogP contribution in [0.4, 0.5) is 0 Å². The molecule has 0 aliphatic carbocycles. The zero-order valence-corrected chi connectivity index (χ0v) is 13.3. The zero-order chi connectivity index (χ0) is 15.1. The number of benzene rings is 1. The molecule has 0 saturated heterocycles. The van der Waals surface area contributed by atoms with Crippen molar-refractivity contribution >= 4 is 0 Å². The summed E-state index contributed by atoms with van der Waals surface area (Å²) in [6.07, 6.45) is 3.46. The molecule has 0 spiro atoms. The van der Waals surface area contributed by atoms with Crippen molar-refractivity contribution in [2.75, 3.05) is 20.0 Å². The van der Waals surface area contributed by atoms with Gasteiger partial charge in [-0.3, -0.25) is 0 Å². The van der Waals surface area contributed by atoms with Gasteiger partial charge in [-0.15, -0.1) is 0 Å². The molecule has 0 N–H and O–H groups in total. The van der Waals surface area contributed by atoms with E-state index in [4.69, 9.17) is 18.9 Å². The van der Waals surface area contributed by atoms with Crippen molar-refractivity contribution < 1.29 is 18.9 Å². The Morgan fingerprint density at radius 3 is 2.48 bits per heavy atom. The normalized spacial score (nSPS) is 14.4. The van der Waals surface area contributed by atoms with Crippen LogP contribution in [0.2, 0.25) is 0 Å². The summed E-state index contributed by atoms with van der Waals surface area (Å²) in [6, 6.07) is 4.13. The molecule has 1 heterocycles. The van der Waals surface area contributed by atoms with Gasteiger partial charge in [0, 0.05) is 0 Å². The van der Waals surface area contributed by atoms with Crippen LogP contribution in [-0.2, 0) is 22.5 Å². The highest BCUT2D eigenvalue weighted by molar-refractivity contribution is 5.48. The Kier molecular flexibility index (Phi) is 6.33. The lowest BCUT2D eigenvalue weighted by Crippen LogP contribution is -2.12. The van der Waals surface area contributed by atoms with Crippen molar-refractivity contribution in [1.29, 1.82) is 0 Å². The smallest absolute Gasteiger partial charge is 0.231 e. The first-order valence-electron chi connectivity index (χ1n) is 7.85. The van der Waals surface area contributed by atoms with E-state index in [2.05, 4.69) is 26.8 Å². The molecule has 21 heavy (non-hydrogen) atoms. The summed E-state index contributed by atoms with van der Waals surface area (Å²) in [5.41, 5.74) is 2.47. The molecule has 0 saturated carbocycles. The third-order valence-electron chi connectivity index (χ3n) is 3.68. The fourth-order valence-corrected chi connectivity index (χ4v) is 2.27. The Morgan fingerprint density at radius 1 is 1.10 bits per heavy atom. The molecule has 0 aromatic heterocycles. The standard InChI is InChI=1S/C17H26O4/c1-4-6-14-9-16-17(21-12-20-16)10-15(14)11-18-7-8-19-13(3)5-2/h9-10,13H,4-8,11-12H2,1-3H3. The molecular formula is C17H26O4. The van der Waals surface area contributed by atoms with Gasteiger partial charge in [0.2, 0.25) is 6.79 Å². The van der Waals surface area contributed by atoms with Crippen LogP contribution in [0.15, 0.2) is 12.1 Å². The van der Waals surface area contributed by atoms with Crippen LogP contribution in [0.1, 0.15) is 44.7 Å². The van der Waals surface area contributed by atoms with Crippen molar-refractivity contribution in [2.45, 2.75) is 52.7 Å². The molecule has 1 unspecified atom stereocenters. The predicted octanol–water partition coefficient (Wildman–Crippen LogP) is 3.70. The van der Waals surface area contributed by atoms with Gasteiger partial charge in [0.1, 0.15) is 0 Å². The highest BCUT2D eigenvalue weighted by atomic mass is 16.7. The van der Waals surface area contributed by atoms with Crippen molar-refractivity contribution in [3.8, 4) is 11.5 Å². The number of hydrogen-bond donors (Lipinski definition) is 0. The summed E-state index contributed by atoms with van der Waals surface area (Å²) >= 11 is 0. The Balaban J connectivity index is 1.86. The number of aryl methyl sites for hydroxylation is 1. The van der Waals surface area contributed by atoms with Crippen LogP contribution in [0, 0.1) is 0 Å². The minimum Gasteiger partial charge on any atom is -0.454 e. The first kappa shape index (κ1) is 16.1. The van der Waals surface area contributed by atoms with Gasteiger partial charge in [-0.05, 0) is 43.0 Å². The number of hydrogen-bond acceptors (Lipinski definition) is 4. The molecule has 0 fully saturated rings. The van der Waals surface area contributed by atoms with Gasteiger partial charge in [0.15, 0.2) is 11.5 Å². The van der Waals surface area contributed by atoms with Gasteiger partial charge in [0.05, 0.1) is 25.9 Å². The van der Waals surface area contributed by atoms with E-state index in [9.17, 15) is 0 Å². The third kappa shape index (κ3) is 4.61. The fraction of sp³-hybridized carbons (Fsp3) is 0.647. The van der Waals surface area contributed by atoms with Crippen molar-refractivity contribution in [1.82, 2.24) is 0 Å². The van der Waals surface area contributed by atoms with Crippen molar-refractivity contribution in [2.24, 2.45) is 0 Å². The topological polar surface area (TPSA) is 36.9 Å². The zero-order valence-electron chi connectivity index (χ0n) is 13.3. The van der Waals surface area contributed by atoms with Crippen LogP contribution in [-0.4, -0.2) is 26.1 Å². The van der Waals surface area contributed by atoms with Crippen molar-refractivity contribution in [3.63, 3.8) is 0 Å². The molecule has 0 bridgehead atoms. The minimum absolute atomic E-state index is 0.301. The molecule has 4 heteroatoms. The predicted molar refractivity (Wildman–Crippen MR) is 81.9 cm³/mol. The van der Waals surface area contributed by atoms with Crippen LogP contribution in [0.3, 0.4) is 0 Å². The van der Waals surface area contributed by atoms with Crippen molar-refractivity contribution in [3.05, 3.63) is 23.3 Å². The molecular weight excluding hydrogens is 268 g/mol. The monoisotopic (exact) mass is 294 g/mol. The van der Waals surface area contributed by atoms with Gasteiger partial charge in [-0.25, -0.2) is 0 Å². The lowest BCUT2D eigenvalue weighted by Gasteiger charge is -2.13. The summed E-state index contributed by atoms with van der Waals surface area (Å²) in [4.78, 5) is 0. The van der Waals surface area contributed by atoms with Crippen LogP contribution in [0.25, 0.3) is 0 Å². The van der Waals surface area contributed by atoms with E-state index in [1.165, 1.54) is 11.1 Å². The second-order valence-corrected chi connectivity index (χ2v) is 5.37. The highest BCUT2D eigenvalue weighted by Gasteiger charge is 2.16. The molecule has 1 aliphatic rings. The Bertz CT molecular complexity index is 445. The SMILES string of the molecule is CCCc1cc2c(cc1COCCOC(C)CC)OCO2. The van der Waals surface area contributed by atoms with Gasteiger partial charge in [-0.2, -0.15) is 0 Å². The molecule has 0 amide bonds. The summed E-state index contributed by atoms with van der Waals surface area (Å²) in [5, 5.41) is 0. The van der Waals surface area contributed by atoms with Gasteiger partial charge in [-0.1, -0.05) is 20.3 Å². The lowest BCUT2D eigenvalue weighted by atomic mass is 10.0. The molecule has 0 radical (unpaired) electrons. The largest absolute Gasteiger partial charge is 0.454 e. The summed E-state index contributed by atoms with van der Waals surface area (Å²) in [6.45, 7) is 8.54. The summed E-state index contributed by atoms with van der Waals surface area (Å²) in [7, 11) is 0. The number of rotatable bonds is 9. The average Bonchev–Trinajstić information content (AvgIpc) is 2.94. The molecule has 1 aromatic carbocycles. The molecule has 1 aromatic rings. The molecule has 2 rings (SSSR count). The Hall–Kier alpha value is -1.26. The first-order valence-corrected chi connectivity index (χ1v) is 7.85. The number of fused-ring (bicyclic) bond motifs is 1. The van der Waals surface area contributed by atoms with Gasteiger partial charge in [0.25, 0.3) is 0 Å². The van der Waals surface area contributed by atoms with Gasteiger partial charge < -0.3 is 18.9 Å². The van der Waals surface area contributed by atoms with E-state index >= 15 is 0 Å². The first-order chi connectivity index (χ1) is 10.2. The van der Waals surface area contributed by atoms with E-state index in [1.807, 2.05) is 6.07 Å².